The lowest BCUT2D eigenvalue weighted by atomic mass is 10.2. The Morgan fingerprint density at radius 2 is 1.88 bits per heavy atom. The molecule has 2 rings (SSSR count). The Morgan fingerprint density at radius 1 is 1.08 bits per heavy atom. The molecule has 1 amide bonds. The minimum atomic E-state index is -0.0504. The van der Waals surface area contributed by atoms with E-state index in [4.69, 9.17) is 0 Å². The fourth-order valence-corrected chi connectivity index (χ4v) is 3.12. The van der Waals surface area contributed by atoms with E-state index >= 15 is 0 Å². The molecule has 5 heteroatoms. The van der Waals surface area contributed by atoms with Crippen LogP contribution in [-0.2, 0) is 11.3 Å². The SMILES string of the molecule is CN(CCCNC(=O)CCC(=O)c1cccs1)Cc1ccccc1. The van der Waals surface area contributed by atoms with Crippen molar-refractivity contribution in [2.24, 2.45) is 0 Å². The first-order chi connectivity index (χ1) is 11.6. The van der Waals surface area contributed by atoms with Gasteiger partial charge in [0.2, 0.25) is 5.91 Å². The van der Waals surface area contributed by atoms with Crippen LogP contribution in [0.25, 0.3) is 0 Å². The Bertz CT molecular complexity index is 626. The van der Waals surface area contributed by atoms with Gasteiger partial charge in [0.15, 0.2) is 5.78 Å². The van der Waals surface area contributed by atoms with E-state index in [9.17, 15) is 9.59 Å². The zero-order chi connectivity index (χ0) is 17.2. The topological polar surface area (TPSA) is 49.4 Å². The van der Waals surface area contributed by atoms with Gasteiger partial charge in [0, 0.05) is 25.9 Å². The summed E-state index contributed by atoms with van der Waals surface area (Å²) in [5.41, 5.74) is 1.29. The van der Waals surface area contributed by atoms with Gasteiger partial charge in [0.25, 0.3) is 0 Å². The van der Waals surface area contributed by atoms with Crippen molar-refractivity contribution in [2.75, 3.05) is 20.1 Å². The summed E-state index contributed by atoms with van der Waals surface area (Å²) >= 11 is 1.42. The summed E-state index contributed by atoms with van der Waals surface area (Å²) in [4.78, 5) is 26.6. The van der Waals surface area contributed by atoms with Gasteiger partial charge in [-0.3, -0.25) is 9.59 Å². The van der Waals surface area contributed by atoms with Gasteiger partial charge in [0.1, 0.15) is 0 Å². The second kappa shape index (κ2) is 10.0. The van der Waals surface area contributed by atoms with Crippen LogP contribution in [0.4, 0.5) is 0 Å². The Balaban J connectivity index is 1.55. The molecule has 0 saturated heterocycles. The number of ketones is 1. The van der Waals surface area contributed by atoms with Gasteiger partial charge in [-0.1, -0.05) is 36.4 Å². The Kier molecular flexibility index (Phi) is 7.65. The van der Waals surface area contributed by atoms with Crippen LogP contribution in [0.2, 0.25) is 0 Å². The summed E-state index contributed by atoms with van der Waals surface area (Å²) in [6.07, 6.45) is 1.44. The minimum absolute atomic E-state index is 0.0442. The Labute approximate surface area is 147 Å². The first kappa shape index (κ1) is 18.4. The molecule has 1 heterocycles. The van der Waals surface area contributed by atoms with Crippen LogP contribution >= 0.6 is 11.3 Å². The number of rotatable bonds is 10. The van der Waals surface area contributed by atoms with Crippen molar-refractivity contribution in [2.45, 2.75) is 25.8 Å². The number of hydrogen-bond donors (Lipinski definition) is 1. The maximum atomic E-state index is 11.8. The number of amides is 1. The molecule has 4 nitrogen and oxygen atoms in total. The summed E-state index contributed by atoms with van der Waals surface area (Å²) in [6, 6.07) is 14.0. The second-order valence-corrected chi connectivity index (χ2v) is 6.78. The predicted molar refractivity (Wildman–Crippen MR) is 98.3 cm³/mol. The lowest BCUT2D eigenvalue weighted by Crippen LogP contribution is -2.28. The number of nitrogens with zero attached hydrogens (tertiary/aromatic N) is 1. The van der Waals surface area contributed by atoms with E-state index in [1.54, 1.807) is 6.07 Å². The molecular formula is C19H24N2O2S. The highest BCUT2D eigenvalue weighted by Crippen LogP contribution is 2.12. The van der Waals surface area contributed by atoms with Crippen LogP contribution in [-0.4, -0.2) is 36.7 Å². The first-order valence-electron chi connectivity index (χ1n) is 8.21. The summed E-state index contributed by atoms with van der Waals surface area (Å²) in [5, 5.41) is 4.76. The Morgan fingerprint density at radius 3 is 2.58 bits per heavy atom. The normalized spacial score (nSPS) is 10.8. The number of hydrogen-bond acceptors (Lipinski definition) is 4. The molecule has 0 aliphatic heterocycles. The van der Waals surface area contributed by atoms with Crippen LogP contribution in [0.1, 0.15) is 34.5 Å². The van der Waals surface area contributed by atoms with E-state index < -0.39 is 0 Å². The quantitative estimate of drug-likeness (QED) is 0.531. The standard InChI is InChI=1S/C19H24N2O2S/c1-21(15-16-7-3-2-4-8-16)13-6-12-20-19(23)11-10-17(22)18-9-5-14-24-18/h2-5,7-9,14H,6,10-13,15H2,1H3,(H,20,23). The van der Waals surface area contributed by atoms with Gasteiger partial charge in [0.05, 0.1) is 4.88 Å². The molecule has 0 spiro atoms. The highest BCUT2D eigenvalue weighted by atomic mass is 32.1. The molecular weight excluding hydrogens is 320 g/mol. The predicted octanol–water partition coefficient (Wildman–Crippen LogP) is 3.35. The van der Waals surface area contributed by atoms with Crippen LogP contribution < -0.4 is 5.32 Å². The van der Waals surface area contributed by atoms with Gasteiger partial charge in [-0.2, -0.15) is 0 Å². The third-order valence-electron chi connectivity index (χ3n) is 3.71. The van der Waals surface area contributed by atoms with Crippen molar-refractivity contribution in [3.05, 3.63) is 58.3 Å². The highest BCUT2D eigenvalue weighted by Gasteiger charge is 2.09. The fourth-order valence-electron chi connectivity index (χ4n) is 2.43. The molecule has 0 aliphatic rings. The van der Waals surface area contributed by atoms with Crippen molar-refractivity contribution in [1.82, 2.24) is 10.2 Å². The number of nitrogens with one attached hydrogen (secondary N) is 1. The third kappa shape index (κ3) is 6.64. The van der Waals surface area contributed by atoms with Crippen molar-refractivity contribution in [3.63, 3.8) is 0 Å². The van der Waals surface area contributed by atoms with Crippen molar-refractivity contribution in [1.29, 1.82) is 0 Å². The zero-order valence-electron chi connectivity index (χ0n) is 14.0. The molecule has 0 aliphatic carbocycles. The molecule has 1 aromatic carbocycles. The van der Waals surface area contributed by atoms with E-state index in [0.29, 0.717) is 6.54 Å². The van der Waals surface area contributed by atoms with Gasteiger partial charge in [-0.15, -0.1) is 11.3 Å². The zero-order valence-corrected chi connectivity index (χ0v) is 14.8. The summed E-state index contributed by atoms with van der Waals surface area (Å²) in [5.74, 6) is -0.00615. The summed E-state index contributed by atoms with van der Waals surface area (Å²) < 4.78 is 0. The number of carbonyl (C=O) groups excluding carboxylic acids is 2. The van der Waals surface area contributed by atoms with Crippen LogP contribution in [0, 0.1) is 0 Å². The van der Waals surface area contributed by atoms with Crippen molar-refractivity contribution >= 4 is 23.0 Å². The molecule has 0 unspecified atom stereocenters. The van der Waals surface area contributed by atoms with Crippen LogP contribution in [0.15, 0.2) is 47.8 Å². The van der Waals surface area contributed by atoms with Gasteiger partial charge < -0.3 is 10.2 Å². The van der Waals surface area contributed by atoms with E-state index in [2.05, 4.69) is 29.4 Å². The van der Waals surface area contributed by atoms with Crippen LogP contribution in [0.5, 0.6) is 0 Å². The monoisotopic (exact) mass is 344 g/mol. The molecule has 1 N–H and O–H groups in total. The fraction of sp³-hybridized carbons (Fsp3) is 0.368. The van der Waals surface area contributed by atoms with E-state index in [1.165, 1.54) is 16.9 Å². The van der Waals surface area contributed by atoms with Gasteiger partial charge >= 0.3 is 0 Å². The molecule has 1 aromatic heterocycles. The van der Waals surface area contributed by atoms with E-state index in [0.717, 1.165) is 24.4 Å². The molecule has 24 heavy (non-hydrogen) atoms. The lowest BCUT2D eigenvalue weighted by Gasteiger charge is -2.16. The molecule has 0 fully saturated rings. The van der Waals surface area contributed by atoms with Crippen LogP contribution in [0.3, 0.4) is 0 Å². The van der Waals surface area contributed by atoms with Crippen molar-refractivity contribution < 1.29 is 9.59 Å². The average Bonchev–Trinajstić information content (AvgIpc) is 3.12. The number of thiophene rings is 1. The van der Waals surface area contributed by atoms with E-state index in [1.807, 2.05) is 29.6 Å². The maximum absolute atomic E-state index is 11.8. The van der Waals surface area contributed by atoms with E-state index in [-0.39, 0.29) is 24.5 Å². The molecule has 0 saturated carbocycles. The third-order valence-corrected chi connectivity index (χ3v) is 4.62. The average molecular weight is 344 g/mol. The van der Waals surface area contributed by atoms with Gasteiger partial charge in [-0.25, -0.2) is 0 Å². The molecule has 2 aromatic rings. The molecule has 0 radical (unpaired) electrons. The Hall–Kier alpha value is -1.98. The smallest absolute Gasteiger partial charge is 0.220 e. The summed E-state index contributed by atoms with van der Waals surface area (Å²) in [7, 11) is 2.08. The number of Topliss-reactive ketones (excluding diaryl/α,β-unsaturated/α-hetero) is 1. The molecule has 0 atom stereocenters. The largest absolute Gasteiger partial charge is 0.356 e. The second-order valence-electron chi connectivity index (χ2n) is 5.83. The van der Waals surface area contributed by atoms with Gasteiger partial charge in [-0.05, 0) is 37.0 Å². The number of benzene rings is 1. The first-order valence-corrected chi connectivity index (χ1v) is 9.09. The maximum Gasteiger partial charge on any atom is 0.220 e. The summed E-state index contributed by atoms with van der Waals surface area (Å²) in [6.45, 7) is 2.47. The number of carbonyl (C=O) groups is 2. The molecule has 128 valence electrons. The lowest BCUT2D eigenvalue weighted by molar-refractivity contribution is -0.121. The highest BCUT2D eigenvalue weighted by molar-refractivity contribution is 7.12. The molecule has 0 bridgehead atoms. The minimum Gasteiger partial charge on any atom is -0.356 e. The van der Waals surface area contributed by atoms with Crippen molar-refractivity contribution in [3.8, 4) is 0 Å².